The fourth-order valence-electron chi connectivity index (χ4n) is 3.60. The van der Waals surface area contributed by atoms with E-state index in [1.165, 1.54) is 23.5 Å². The van der Waals surface area contributed by atoms with Gasteiger partial charge < -0.3 is 15.0 Å². The summed E-state index contributed by atoms with van der Waals surface area (Å²) in [5.41, 5.74) is 0.574. The average molecular weight is 413 g/mol. The molecule has 5 nitrogen and oxygen atoms in total. The van der Waals surface area contributed by atoms with Gasteiger partial charge >= 0.3 is 0 Å². The zero-order chi connectivity index (χ0) is 20.4. The maximum atomic E-state index is 13.4. The number of carbonyl (C=O) groups is 2. The molecule has 1 aromatic rings. The van der Waals surface area contributed by atoms with E-state index in [9.17, 15) is 14.0 Å². The summed E-state index contributed by atoms with van der Waals surface area (Å²) in [6.07, 6.45) is 5.83. The largest absolute Gasteiger partial charge is 0.382 e. The molecule has 1 saturated carbocycles. The molecule has 1 aliphatic rings. The Hall–Kier alpha value is -1.66. The minimum Gasteiger partial charge on any atom is -0.382 e. The van der Waals surface area contributed by atoms with E-state index in [1.54, 1.807) is 12.1 Å². The number of amides is 2. The molecule has 0 bridgehead atoms. The molecule has 2 rings (SSSR count). The topological polar surface area (TPSA) is 58.6 Å². The van der Waals surface area contributed by atoms with Crippen LogP contribution in [0.25, 0.3) is 0 Å². The number of hydrogen-bond donors (Lipinski definition) is 1. The van der Waals surface area contributed by atoms with E-state index in [0.29, 0.717) is 31.7 Å². The van der Waals surface area contributed by atoms with Crippen LogP contribution < -0.4 is 5.32 Å². The van der Waals surface area contributed by atoms with Gasteiger partial charge in [-0.05, 0) is 43.9 Å². The van der Waals surface area contributed by atoms with Crippen molar-refractivity contribution in [2.24, 2.45) is 0 Å². The first-order valence-electron chi connectivity index (χ1n) is 10.1. The zero-order valence-corrected chi connectivity index (χ0v) is 17.2. The van der Waals surface area contributed by atoms with E-state index < -0.39 is 6.04 Å². The summed E-state index contributed by atoms with van der Waals surface area (Å²) in [6.45, 7) is 3.32. The van der Waals surface area contributed by atoms with Crippen molar-refractivity contribution in [2.45, 2.75) is 57.5 Å². The number of rotatable bonds is 10. The first-order chi connectivity index (χ1) is 13.6. The summed E-state index contributed by atoms with van der Waals surface area (Å²) in [4.78, 5) is 27.2. The van der Waals surface area contributed by atoms with Gasteiger partial charge in [-0.25, -0.2) is 4.39 Å². The van der Waals surface area contributed by atoms with Crippen LogP contribution in [0.5, 0.6) is 0 Å². The number of halogens is 2. The van der Waals surface area contributed by atoms with Crippen molar-refractivity contribution in [1.82, 2.24) is 10.2 Å². The molecule has 1 aliphatic carbocycles. The normalized spacial score (nSPS) is 15.8. The minimum atomic E-state index is -0.838. The Balaban J connectivity index is 2.23. The van der Waals surface area contributed by atoms with E-state index in [1.807, 2.05) is 6.92 Å². The standard InChI is InChI=1S/C21H30ClFN2O3/c1-2-28-14-6-13-25(19(26)15-22)20(16-9-11-17(23)12-10-16)21(27)24-18-7-4-3-5-8-18/h9-12,18,20H,2-8,13-15H2,1H3,(H,24,27)/t20-/m1/s1. The molecular weight excluding hydrogens is 383 g/mol. The quantitative estimate of drug-likeness (QED) is 0.469. The highest BCUT2D eigenvalue weighted by Gasteiger charge is 2.32. The third-order valence-electron chi connectivity index (χ3n) is 5.02. The van der Waals surface area contributed by atoms with Crippen molar-refractivity contribution in [1.29, 1.82) is 0 Å². The number of hydrogen-bond acceptors (Lipinski definition) is 3. The van der Waals surface area contributed by atoms with Crippen molar-refractivity contribution >= 4 is 23.4 Å². The summed E-state index contributed by atoms with van der Waals surface area (Å²) >= 11 is 5.83. The van der Waals surface area contributed by atoms with Gasteiger partial charge in [-0.2, -0.15) is 0 Å². The Morgan fingerprint density at radius 1 is 1.25 bits per heavy atom. The third kappa shape index (κ3) is 6.74. The van der Waals surface area contributed by atoms with Gasteiger partial charge in [-0.3, -0.25) is 9.59 Å². The molecule has 0 spiro atoms. The van der Waals surface area contributed by atoms with E-state index in [-0.39, 0.29) is 29.6 Å². The average Bonchev–Trinajstić information content (AvgIpc) is 2.71. The lowest BCUT2D eigenvalue weighted by Gasteiger charge is -2.33. The van der Waals surface area contributed by atoms with Crippen LogP contribution in [0, 0.1) is 5.82 Å². The highest BCUT2D eigenvalue weighted by Crippen LogP contribution is 2.25. The Kier molecular flexibility index (Phi) is 9.71. The monoisotopic (exact) mass is 412 g/mol. The number of alkyl halides is 1. The van der Waals surface area contributed by atoms with Gasteiger partial charge in [0.15, 0.2) is 0 Å². The summed E-state index contributed by atoms with van der Waals surface area (Å²) in [7, 11) is 0. The number of ether oxygens (including phenoxy) is 1. The molecule has 1 N–H and O–H groups in total. The van der Waals surface area contributed by atoms with Crippen LogP contribution >= 0.6 is 11.6 Å². The van der Waals surface area contributed by atoms with E-state index in [4.69, 9.17) is 16.3 Å². The van der Waals surface area contributed by atoms with Crippen LogP contribution in [0.2, 0.25) is 0 Å². The molecular formula is C21H30ClFN2O3. The Labute approximate surface area is 171 Å². The van der Waals surface area contributed by atoms with Crippen molar-refractivity contribution in [3.8, 4) is 0 Å². The molecule has 0 radical (unpaired) electrons. The molecule has 2 amide bonds. The number of nitrogens with zero attached hydrogens (tertiary/aromatic N) is 1. The molecule has 0 aromatic heterocycles. The Morgan fingerprint density at radius 2 is 1.93 bits per heavy atom. The highest BCUT2D eigenvalue weighted by molar-refractivity contribution is 6.27. The zero-order valence-electron chi connectivity index (χ0n) is 16.5. The predicted molar refractivity (Wildman–Crippen MR) is 108 cm³/mol. The van der Waals surface area contributed by atoms with E-state index >= 15 is 0 Å². The fraction of sp³-hybridized carbons (Fsp3) is 0.619. The molecule has 0 saturated heterocycles. The molecule has 28 heavy (non-hydrogen) atoms. The van der Waals surface area contributed by atoms with E-state index in [0.717, 1.165) is 25.7 Å². The smallest absolute Gasteiger partial charge is 0.247 e. The van der Waals surface area contributed by atoms with Crippen LogP contribution in [0.4, 0.5) is 4.39 Å². The van der Waals surface area contributed by atoms with Gasteiger partial charge in [0.25, 0.3) is 0 Å². The lowest BCUT2D eigenvalue weighted by atomic mass is 9.94. The second-order valence-corrected chi connectivity index (χ2v) is 7.34. The van der Waals surface area contributed by atoms with Crippen LogP contribution in [0.1, 0.15) is 57.1 Å². The lowest BCUT2D eigenvalue weighted by Crippen LogP contribution is -2.47. The predicted octanol–water partition coefficient (Wildman–Crippen LogP) is 3.81. The van der Waals surface area contributed by atoms with Gasteiger partial charge in [0.2, 0.25) is 11.8 Å². The van der Waals surface area contributed by atoms with Gasteiger partial charge in [-0.15, -0.1) is 11.6 Å². The maximum Gasteiger partial charge on any atom is 0.247 e. The third-order valence-corrected chi connectivity index (χ3v) is 5.25. The molecule has 0 aliphatic heterocycles. The lowest BCUT2D eigenvalue weighted by molar-refractivity contribution is -0.139. The second kappa shape index (κ2) is 12.0. The molecule has 7 heteroatoms. The second-order valence-electron chi connectivity index (χ2n) is 7.07. The van der Waals surface area contributed by atoms with Crippen LogP contribution in [0.15, 0.2) is 24.3 Å². The van der Waals surface area contributed by atoms with Crippen molar-refractivity contribution < 1.29 is 18.7 Å². The number of carbonyl (C=O) groups excluding carboxylic acids is 2. The molecule has 0 heterocycles. The molecule has 1 atom stereocenters. The summed E-state index contributed by atoms with van der Waals surface area (Å²) < 4.78 is 18.8. The van der Waals surface area contributed by atoms with Crippen molar-refractivity contribution in [3.05, 3.63) is 35.6 Å². The van der Waals surface area contributed by atoms with Crippen molar-refractivity contribution in [3.63, 3.8) is 0 Å². The van der Waals surface area contributed by atoms with E-state index in [2.05, 4.69) is 5.32 Å². The Morgan fingerprint density at radius 3 is 2.54 bits per heavy atom. The van der Waals surface area contributed by atoms with Gasteiger partial charge in [0.1, 0.15) is 17.7 Å². The summed E-state index contributed by atoms with van der Waals surface area (Å²) in [6, 6.07) is 4.99. The van der Waals surface area contributed by atoms with Gasteiger partial charge in [0, 0.05) is 25.8 Å². The molecule has 1 fully saturated rings. The summed E-state index contributed by atoms with van der Waals surface area (Å²) in [5, 5.41) is 3.09. The molecule has 1 aromatic carbocycles. The number of nitrogens with one attached hydrogen (secondary N) is 1. The Bertz CT molecular complexity index is 621. The van der Waals surface area contributed by atoms with Crippen LogP contribution in [-0.2, 0) is 14.3 Å². The highest BCUT2D eigenvalue weighted by atomic mass is 35.5. The molecule has 0 unspecified atom stereocenters. The van der Waals surface area contributed by atoms with Gasteiger partial charge in [-0.1, -0.05) is 31.4 Å². The van der Waals surface area contributed by atoms with Crippen molar-refractivity contribution in [2.75, 3.05) is 25.6 Å². The first kappa shape index (κ1) is 22.6. The van der Waals surface area contributed by atoms with Gasteiger partial charge in [0.05, 0.1) is 0 Å². The fourth-order valence-corrected chi connectivity index (χ4v) is 3.75. The number of benzene rings is 1. The maximum absolute atomic E-state index is 13.4. The molecule has 156 valence electrons. The first-order valence-corrected chi connectivity index (χ1v) is 10.6. The SMILES string of the molecule is CCOCCCN(C(=O)CCl)[C@@H](C(=O)NC1CCCCC1)c1ccc(F)cc1. The summed E-state index contributed by atoms with van der Waals surface area (Å²) in [5.74, 6) is -1.18. The van der Waals surface area contributed by atoms with Crippen LogP contribution in [-0.4, -0.2) is 48.4 Å². The minimum absolute atomic E-state index is 0.112. The van der Waals surface area contributed by atoms with Crippen LogP contribution in [0.3, 0.4) is 0 Å².